The zero-order chi connectivity index (χ0) is 15.5. The van der Waals surface area contributed by atoms with Gasteiger partial charge in [0.05, 0.1) is 0 Å². The van der Waals surface area contributed by atoms with Gasteiger partial charge in [-0.25, -0.2) is 0 Å². The summed E-state index contributed by atoms with van der Waals surface area (Å²) >= 11 is 0. The van der Waals surface area contributed by atoms with Crippen LogP contribution in [0.5, 0.6) is 0 Å². The highest BCUT2D eigenvalue weighted by molar-refractivity contribution is 5.85. The second-order valence-electron chi connectivity index (χ2n) is 7.83. The third kappa shape index (κ3) is 5.23. The molecule has 0 radical (unpaired) electrons. The molecule has 0 aromatic heterocycles. The average Bonchev–Trinajstić information content (AvgIpc) is 2.54. The molecule has 3 rings (SSSR count). The topological polar surface area (TPSA) is 35.6 Å². The van der Waals surface area contributed by atoms with E-state index in [1.165, 1.54) is 38.6 Å². The highest BCUT2D eigenvalue weighted by Crippen LogP contribution is 2.27. The maximum Gasteiger partial charge on any atom is 0.223 e. The van der Waals surface area contributed by atoms with Crippen molar-refractivity contribution in [3.05, 3.63) is 0 Å². The number of amides is 1. The number of piperidine rings is 2. The highest BCUT2D eigenvalue weighted by atomic mass is 35.5. The Kier molecular flexibility index (Phi) is 9.35. The van der Waals surface area contributed by atoms with Crippen LogP contribution in [0.1, 0.15) is 52.4 Å². The summed E-state index contributed by atoms with van der Waals surface area (Å²) in [6.45, 7) is 10.0. The third-order valence-corrected chi connectivity index (χ3v) is 6.14. The number of nitrogens with one attached hydrogen (secondary N) is 1. The molecule has 4 unspecified atom stereocenters. The second kappa shape index (κ2) is 10.2. The minimum Gasteiger partial charge on any atom is -0.337 e. The number of fused-ring (bicyclic) bond motifs is 1. The van der Waals surface area contributed by atoms with E-state index >= 15 is 0 Å². The van der Waals surface area contributed by atoms with Crippen LogP contribution in [0.25, 0.3) is 0 Å². The lowest BCUT2D eigenvalue weighted by molar-refractivity contribution is -0.139. The van der Waals surface area contributed by atoms with Crippen LogP contribution in [0.15, 0.2) is 0 Å². The van der Waals surface area contributed by atoms with Gasteiger partial charge in [-0.2, -0.15) is 0 Å². The van der Waals surface area contributed by atoms with Gasteiger partial charge in [-0.05, 0) is 64.1 Å². The summed E-state index contributed by atoms with van der Waals surface area (Å²) in [4.78, 5) is 17.6. The molecule has 3 aliphatic rings. The maximum atomic E-state index is 12.8. The fraction of sp³-hybridized carbons (Fsp3) is 0.944. The Morgan fingerprint density at radius 3 is 2.67 bits per heavy atom. The number of rotatable bonds is 3. The first-order valence-electron chi connectivity index (χ1n) is 9.39. The minimum atomic E-state index is 0. The smallest absolute Gasteiger partial charge is 0.223 e. The van der Waals surface area contributed by atoms with Crippen LogP contribution in [0, 0.1) is 11.8 Å². The summed E-state index contributed by atoms with van der Waals surface area (Å²) in [6, 6.07) is 1.01. The molecule has 1 amide bonds. The van der Waals surface area contributed by atoms with Gasteiger partial charge in [0.25, 0.3) is 0 Å². The van der Waals surface area contributed by atoms with Crippen LogP contribution < -0.4 is 5.32 Å². The first-order valence-corrected chi connectivity index (χ1v) is 9.39. The first kappa shape index (κ1) is 22.0. The SMILES string of the molecule is CC(CC(=O)N1CC2CCCCN2CC1C)C1CCCNC1.Cl.Cl. The lowest BCUT2D eigenvalue weighted by atomic mass is 9.85. The molecular formula is C18H35Cl2N3O. The standard InChI is InChI=1S/C18H33N3O.2ClH/c1-14(16-6-5-8-19-11-16)10-18(22)21-13-17-7-3-4-9-20(17)12-15(21)2;;/h14-17,19H,3-13H2,1-2H3;2*1H. The Labute approximate surface area is 159 Å². The molecular weight excluding hydrogens is 345 g/mol. The van der Waals surface area contributed by atoms with E-state index < -0.39 is 0 Å². The molecule has 0 aliphatic carbocycles. The van der Waals surface area contributed by atoms with Crippen LogP contribution in [0.4, 0.5) is 0 Å². The number of carbonyl (C=O) groups is 1. The summed E-state index contributed by atoms with van der Waals surface area (Å²) in [5.74, 6) is 1.59. The Balaban J connectivity index is 0.00000144. The van der Waals surface area contributed by atoms with Crippen molar-refractivity contribution in [3.8, 4) is 0 Å². The quantitative estimate of drug-likeness (QED) is 0.818. The summed E-state index contributed by atoms with van der Waals surface area (Å²) in [5, 5.41) is 3.48. The highest BCUT2D eigenvalue weighted by Gasteiger charge is 2.35. The van der Waals surface area contributed by atoms with Crippen molar-refractivity contribution in [2.24, 2.45) is 11.8 Å². The Hall–Kier alpha value is -0.0300. The summed E-state index contributed by atoms with van der Waals surface area (Å²) in [7, 11) is 0. The van der Waals surface area contributed by atoms with Crippen LogP contribution in [0.2, 0.25) is 0 Å². The van der Waals surface area contributed by atoms with E-state index in [0.717, 1.165) is 32.6 Å². The molecule has 0 spiro atoms. The molecule has 3 saturated heterocycles. The van der Waals surface area contributed by atoms with Gasteiger partial charge in [-0.3, -0.25) is 9.69 Å². The van der Waals surface area contributed by atoms with Crippen molar-refractivity contribution >= 4 is 30.7 Å². The van der Waals surface area contributed by atoms with E-state index in [1.807, 2.05) is 0 Å². The van der Waals surface area contributed by atoms with E-state index in [-0.39, 0.29) is 24.8 Å². The molecule has 142 valence electrons. The molecule has 4 atom stereocenters. The Morgan fingerprint density at radius 2 is 1.96 bits per heavy atom. The molecule has 6 heteroatoms. The number of hydrogen-bond acceptors (Lipinski definition) is 3. The van der Waals surface area contributed by atoms with Gasteiger partial charge in [0.2, 0.25) is 5.91 Å². The molecule has 0 aromatic carbocycles. The number of piperazine rings is 1. The second-order valence-corrected chi connectivity index (χ2v) is 7.83. The van der Waals surface area contributed by atoms with Gasteiger partial charge in [0.1, 0.15) is 0 Å². The zero-order valence-electron chi connectivity index (χ0n) is 15.2. The van der Waals surface area contributed by atoms with Crippen LogP contribution >= 0.6 is 24.8 Å². The fourth-order valence-electron chi connectivity index (χ4n) is 4.62. The van der Waals surface area contributed by atoms with Gasteiger partial charge < -0.3 is 10.2 Å². The van der Waals surface area contributed by atoms with Crippen molar-refractivity contribution in [2.75, 3.05) is 32.7 Å². The normalized spacial score (nSPS) is 32.1. The van der Waals surface area contributed by atoms with Crippen molar-refractivity contribution < 1.29 is 4.79 Å². The van der Waals surface area contributed by atoms with E-state index in [4.69, 9.17) is 0 Å². The van der Waals surface area contributed by atoms with Gasteiger partial charge in [0.15, 0.2) is 0 Å². The van der Waals surface area contributed by atoms with E-state index in [2.05, 4.69) is 29.0 Å². The molecule has 1 N–H and O–H groups in total. The third-order valence-electron chi connectivity index (χ3n) is 6.14. The Bertz CT molecular complexity index is 390. The Morgan fingerprint density at radius 1 is 1.17 bits per heavy atom. The minimum absolute atomic E-state index is 0. The molecule has 3 heterocycles. The van der Waals surface area contributed by atoms with E-state index in [9.17, 15) is 4.79 Å². The van der Waals surface area contributed by atoms with Crippen LogP contribution in [0.3, 0.4) is 0 Å². The molecule has 0 bridgehead atoms. The number of carbonyl (C=O) groups excluding carboxylic acids is 1. The summed E-state index contributed by atoms with van der Waals surface area (Å²) in [6.07, 6.45) is 7.24. The number of hydrogen-bond donors (Lipinski definition) is 1. The fourth-order valence-corrected chi connectivity index (χ4v) is 4.62. The van der Waals surface area contributed by atoms with Gasteiger partial charge in [0, 0.05) is 31.6 Å². The van der Waals surface area contributed by atoms with Gasteiger partial charge in [-0.1, -0.05) is 13.3 Å². The molecule has 0 aromatic rings. The number of nitrogens with zero attached hydrogens (tertiary/aromatic N) is 2. The summed E-state index contributed by atoms with van der Waals surface area (Å²) in [5.41, 5.74) is 0. The van der Waals surface area contributed by atoms with Gasteiger partial charge >= 0.3 is 0 Å². The molecule has 3 aliphatic heterocycles. The monoisotopic (exact) mass is 379 g/mol. The van der Waals surface area contributed by atoms with Crippen LogP contribution in [-0.4, -0.2) is 60.5 Å². The van der Waals surface area contributed by atoms with Crippen LogP contribution in [-0.2, 0) is 4.79 Å². The molecule has 0 saturated carbocycles. The first-order chi connectivity index (χ1) is 10.6. The lowest BCUT2D eigenvalue weighted by Crippen LogP contribution is -2.60. The van der Waals surface area contributed by atoms with Crippen molar-refractivity contribution in [1.29, 1.82) is 0 Å². The predicted octanol–water partition coefficient (Wildman–Crippen LogP) is 2.94. The maximum absolute atomic E-state index is 12.8. The summed E-state index contributed by atoms with van der Waals surface area (Å²) < 4.78 is 0. The lowest BCUT2D eigenvalue weighted by Gasteiger charge is -2.47. The zero-order valence-corrected chi connectivity index (χ0v) is 16.8. The van der Waals surface area contributed by atoms with Gasteiger partial charge in [-0.15, -0.1) is 24.8 Å². The van der Waals surface area contributed by atoms with Crippen molar-refractivity contribution in [2.45, 2.75) is 64.5 Å². The molecule has 4 nitrogen and oxygen atoms in total. The number of halogens is 2. The predicted molar refractivity (Wildman–Crippen MR) is 104 cm³/mol. The molecule has 3 fully saturated rings. The van der Waals surface area contributed by atoms with Crippen molar-refractivity contribution in [3.63, 3.8) is 0 Å². The largest absolute Gasteiger partial charge is 0.337 e. The van der Waals surface area contributed by atoms with Crippen molar-refractivity contribution in [1.82, 2.24) is 15.1 Å². The van der Waals surface area contributed by atoms with E-state index in [0.29, 0.717) is 29.8 Å². The average molecular weight is 380 g/mol. The molecule has 24 heavy (non-hydrogen) atoms. The van der Waals surface area contributed by atoms with E-state index in [1.54, 1.807) is 0 Å².